The summed E-state index contributed by atoms with van der Waals surface area (Å²) in [4.78, 5) is 14.2. The number of nitrogens with zero attached hydrogens (tertiary/aromatic N) is 1. The Labute approximate surface area is 188 Å². The van der Waals surface area contributed by atoms with E-state index in [1.165, 1.54) is 25.6 Å². The first-order valence-corrected chi connectivity index (χ1v) is 11.0. The number of hydrogen-bond donors (Lipinski definition) is 2. The number of hydrogen-bond acceptors (Lipinski definition) is 4. The molecule has 7 heteroatoms. The summed E-state index contributed by atoms with van der Waals surface area (Å²) in [5.74, 6) is 0.317. The van der Waals surface area contributed by atoms with Gasteiger partial charge in [-0.1, -0.05) is 30.7 Å². The predicted molar refractivity (Wildman–Crippen MR) is 128 cm³/mol. The molecule has 1 aliphatic rings. The van der Waals surface area contributed by atoms with Crippen molar-refractivity contribution in [2.45, 2.75) is 32.7 Å². The van der Waals surface area contributed by atoms with Gasteiger partial charge >= 0.3 is 5.97 Å². The Balaban J connectivity index is 1.61. The molecule has 1 fully saturated rings. The van der Waals surface area contributed by atoms with Crippen LogP contribution in [0.3, 0.4) is 0 Å². The van der Waals surface area contributed by atoms with Crippen LogP contribution in [-0.4, -0.2) is 31.3 Å². The van der Waals surface area contributed by atoms with Gasteiger partial charge in [-0.2, -0.15) is 0 Å². The Morgan fingerprint density at radius 1 is 1.27 bits per heavy atom. The first-order valence-electron chi connectivity index (χ1n) is 10.2. The number of anilines is 2. The van der Waals surface area contributed by atoms with E-state index in [1.807, 2.05) is 0 Å². The van der Waals surface area contributed by atoms with E-state index in [-0.39, 0.29) is 6.04 Å². The summed E-state index contributed by atoms with van der Waals surface area (Å²) in [6.07, 6.45) is 2.56. The molecule has 2 atom stereocenters. The Hall–Kier alpha value is -2.31. The average Bonchev–Trinajstić information content (AvgIpc) is 2.74. The summed E-state index contributed by atoms with van der Waals surface area (Å²) < 4.78 is 4.76. The Bertz CT molecular complexity index is 904. The second kappa shape index (κ2) is 10.1. The number of methoxy groups -OCH3 is 1. The zero-order valence-electron chi connectivity index (χ0n) is 17.6. The molecule has 0 aliphatic carbocycles. The van der Waals surface area contributed by atoms with Crippen LogP contribution in [0.15, 0.2) is 42.5 Å². The number of nitrogens with one attached hydrogen (secondary N) is 2. The molecule has 2 aromatic carbocycles. The maximum absolute atomic E-state index is 11.7. The lowest BCUT2D eigenvalue weighted by atomic mass is 9.99. The Kier molecular flexibility index (Phi) is 7.56. The van der Waals surface area contributed by atoms with E-state index in [9.17, 15) is 4.79 Å². The second-order valence-electron chi connectivity index (χ2n) is 7.79. The predicted octanol–water partition coefficient (Wildman–Crippen LogP) is 5.41. The summed E-state index contributed by atoms with van der Waals surface area (Å²) >= 11 is 11.7. The molecule has 30 heavy (non-hydrogen) atoms. The number of halogens is 1. The van der Waals surface area contributed by atoms with Gasteiger partial charge in [0, 0.05) is 18.8 Å². The molecule has 2 unspecified atom stereocenters. The number of carbonyl (C=O) groups is 1. The van der Waals surface area contributed by atoms with Crippen LogP contribution in [0.25, 0.3) is 0 Å². The number of ether oxygens (including phenoxy) is 1. The zero-order chi connectivity index (χ0) is 21.7. The van der Waals surface area contributed by atoms with Crippen molar-refractivity contribution in [3.63, 3.8) is 0 Å². The third kappa shape index (κ3) is 5.64. The van der Waals surface area contributed by atoms with Crippen molar-refractivity contribution in [2.24, 2.45) is 5.92 Å². The molecule has 0 amide bonds. The van der Waals surface area contributed by atoms with Crippen LogP contribution in [0, 0.1) is 5.92 Å². The quantitative estimate of drug-likeness (QED) is 0.474. The highest BCUT2D eigenvalue weighted by atomic mass is 35.5. The normalized spacial score (nSPS) is 17.2. The van der Waals surface area contributed by atoms with Crippen LogP contribution in [-0.2, 0) is 4.74 Å². The fraction of sp³-hybridized carbons (Fsp3) is 0.391. The number of thiocarbonyl (C=S) groups is 1. The first kappa shape index (κ1) is 22.4. The fourth-order valence-corrected chi connectivity index (χ4v) is 4.15. The van der Waals surface area contributed by atoms with E-state index in [1.54, 1.807) is 18.2 Å². The van der Waals surface area contributed by atoms with Gasteiger partial charge in [0.1, 0.15) is 0 Å². The minimum atomic E-state index is -0.426. The van der Waals surface area contributed by atoms with E-state index in [0.717, 1.165) is 24.6 Å². The van der Waals surface area contributed by atoms with E-state index in [4.69, 9.17) is 28.6 Å². The highest BCUT2D eigenvalue weighted by Crippen LogP contribution is 2.26. The maximum atomic E-state index is 11.7. The molecule has 2 aromatic rings. The molecule has 3 rings (SSSR count). The monoisotopic (exact) mass is 445 g/mol. The van der Waals surface area contributed by atoms with Crippen molar-refractivity contribution >= 4 is 46.3 Å². The number of esters is 1. The lowest BCUT2D eigenvalue weighted by Crippen LogP contribution is -2.34. The van der Waals surface area contributed by atoms with Crippen LogP contribution >= 0.6 is 23.8 Å². The van der Waals surface area contributed by atoms with Gasteiger partial charge < -0.3 is 20.3 Å². The molecule has 2 N–H and O–H groups in total. The van der Waals surface area contributed by atoms with Crippen molar-refractivity contribution < 1.29 is 9.53 Å². The van der Waals surface area contributed by atoms with Gasteiger partial charge in [-0.15, -0.1) is 0 Å². The van der Waals surface area contributed by atoms with Crippen molar-refractivity contribution in [2.75, 3.05) is 30.4 Å². The second-order valence-corrected chi connectivity index (χ2v) is 8.61. The summed E-state index contributed by atoms with van der Waals surface area (Å²) in [6.45, 7) is 6.61. The van der Waals surface area contributed by atoms with E-state index < -0.39 is 5.97 Å². The lowest BCUT2D eigenvalue weighted by Gasteiger charge is -2.33. The molecular formula is C23H28ClN3O2S. The van der Waals surface area contributed by atoms with Crippen molar-refractivity contribution in [3.8, 4) is 0 Å². The van der Waals surface area contributed by atoms with Gasteiger partial charge in [-0.05, 0) is 73.8 Å². The molecular weight excluding hydrogens is 418 g/mol. The highest BCUT2D eigenvalue weighted by Gasteiger charge is 2.17. The molecule has 0 spiro atoms. The third-order valence-corrected chi connectivity index (χ3v) is 5.95. The van der Waals surface area contributed by atoms with Gasteiger partial charge in [-0.25, -0.2) is 4.79 Å². The van der Waals surface area contributed by atoms with Gasteiger partial charge in [0.05, 0.1) is 29.4 Å². The molecule has 0 saturated carbocycles. The van der Waals surface area contributed by atoms with Crippen molar-refractivity contribution in [1.82, 2.24) is 5.32 Å². The molecule has 5 nitrogen and oxygen atoms in total. The number of carbonyl (C=O) groups excluding carboxylic acids is 1. The van der Waals surface area contributed by atoms with Crippen molar-refractivity contribution in [3.05, 3.63) is 58.6 Å². The van der Waals surface area contributed by atoms with Crippen LogP contribution in [0.5, 0.6) is 0 Å². The van der Waals surface area contributed by atoms with Crippen LogP contribution in [0.2, 0.25) is 5.02 Å². The van der Waals surface area contributed by atoms with Crippen LogP contribution in [0.1, 0.15) is 48.7 Å². The van der Waals surface area contributed by atoms with Gasteiger partial charge in [-0.3, -0.25) is 0 Å². The van der Waals surface area contributed by atoms with E-state index >= 15 is 0 Å². The smallest absolute Gasteiger partial charge is 0.337 e. The van der Waals surface area contributed by atoms with E-state index in [2.05, 4.69) is 53.6 Å². The number of piperidine rings is 1. The van der Waals surface area contributed by atoms with Gasteiger partial charge in [0.2, 0.25) is 0 Å². The van der Waals surface area contributed by atoms with Gasteiger partial charge in [0.25, 0.3) is 0 Å². The molecule has 1 aliphatic heterocycles. The standard InChI is InChI=1S/C23H28ClN3O2S/c1-15-5-4-12-27(14-15)19-9-6-17(7-10-19)16(2)25-23(30)26-21-13-18(22(28)29-3)8-11-20(21)24/h6-11,13,15-16H,4-5,12,14H2,1-3H3,(H2,25,26,30). The summed E-state index contributed by atoms with van der Waals surface area (Å²) in [6, 6.07) is 13.5. The fourth-order valence-electron chi connectivity index (χ4n) is 3.70. The van der Waals surface area contributed by atoms with E-state index in [0.29, 0.717) is 21.4 Å². The summed E-state index contributed by atoms with van der Waals surface area (Å²) in [5.41, 5.74) is 3.37. The summed E-state index contributed by atoms with van der Waals surface area (Å²) in [5, 5.41) is 7.25. The molecule has 0 aromatic heterocycles. The van der Waals surface area contributed by atoms with Gasteiger partial charge in [0.15, 0.2) is 5.11 Å². The largest absolute Gasteiger partial charge is 0.465 e. The van der Waals surface area contributed by atoms with Crippen LogP contribution < -0.4 is 15.5 Å². The SMILES string of the molecule is COC(=O)c1ccc(Cl)c(NC(=S)NC(C)c2ccc(N3CCCC(C)C3)cc2)c1. The average molecular weight is 446 g/mol. The minimum absolute atomic E-state index is 0.0156. The summed E-state index contributed by atoms with van der Waals surface area (Å²) in [7, 11) is 1.34. The molecule has 160 valence electrons. The molecule has 1 saturated heterocycles. The first-order chi connectivity index (χ1) is 14.4. The lowest BCUT2D eigenvalue weighted by molar-refractivity contribution is 0.0601. The molecule has 0 bridgehead atoms. The maximum Gasteiger partial charge on any atom is 0.337 e. The Morgan fingerprint density at radius 3 is 2.67 bits per heavy atom. The number of benzene rings is 2. The highest BCUT2D eigenvalue weighted by molar-refractivity contribution is 7.80. The molecule has 0 radical (unpaired) electrons. The Morgan fingerprint density at radius 2 is 2.00 bits per heavy atom. The third-order valence-electron chi connectivity index (χ3n) is 5.40. The number of rotatable bonds is 5. The minimum Gasteiger partial charge on any atom is -0.465 e. The van der Waals surface area contributed by atoms with Crippen molar-refractivity contribution in [1.29, 1.82) is 0 Å². The van der Waals surface area contributed by atoms with Crippen LogP contribution in [0.4, 0.5) is 11.4 Å². The zero-order valence-corrected chi connectivity index (χ0v) is 19.1. The topological polar surface area (TPSA) is 53.6 Å². The molecule has 1 heterocycles.